The molecule has 20 heavy (non-hydrogen) atoms. The van der Waals surface area contributed by atoms with Gasteiger partial charge < -0.3 is 15.2 Å². The molecule has 0 saturated carbocycles. The molecule has 0 aromatic heterocycles. The van der Waals surface area contributed by atoms with E-state index < -0.39 is 0 Å². The fourth-order valence-electron chi connectivity index (χ4n) is 1.50. The monoisotopic (exact) mass is 439 g/mol. The highest BCUT2D eigenvalue weighted by atomic mass is 79.9. The third kappa shape index (κ3) is 3.34. The highest BCUT2D eigenvalue weighted by Crippen LogP contribution is 2.41. The van der Waals surface area contributed by atoms with Gasteiger partial charge in [0.2, 0.25) is 0 Å². The molecule has 3 nitrogen and oxygen atoms in total. The quantitative estimate of drug-likeness (QED) is 0.603. The first-order chi connectivity index (χ1) is 9.42. The lowest BCUT2D eigenvalue weighted by molar-refractivity contribution is 0.409. The number of nitrogen functional groups attached to an aromatic ring is 1. The van der Waals surface area contributed by atoms with E-state index in [0.717, 1.165) is 8.95 Å². The van der Waals surface area contributed by atoms with E-state index in [4.69, 9.17) is 38.4 Å². The number of methoxy groups -OCH3 is 1. The lowest BCUT2D eigenvalue weighted by Crippen LogP contribution is -1.94. The largest absolute Gasteiger partial charge is 0.496 e. The van der Waals surface area contributed by atoms with Gasteiger partial charge in [0.1, 0.15) is 11.5 Å². The van der Waals surface area contributed by atoms with E-state index in [-0.39, 0.29) is 0 Å². The van der Waals surface area contributed by atoms with Crippen molar-refractivity contribution in [2.24, 2.45) is 0 Å². The second-order valence-corrected chi connectivity index (χ2v) is 6.35. The number of ether oxygens (including phenoxy) is 2. The first kappa shape index (κ1) is 15.8. The fraction of sp³-hybridized carbons (Fsp3) is 0.0769. The molecule has 2 N–H and O–H groups in total. The standard InChI is InChI=1S/C13H9Br2Cl2NO2/c1-19-11-2-7(15)12(3-6(11)14)20-13-5-9(17)8(16)4-10(13)18/h2-5H,18H2,1H3. The molecule has 2 aromatic rings. The van der Waals surface area contributed by atoms with Gasteiger partial charge in [-0.1, -0.05) is 23.2 Å². The average molecular weight is 442 g/mol. The molecule has 0 fully saturated rings. The second-order valence-electron chi connectivity index (χ2n) is 3.82. The summed E-state index contributed by atoms with van der Waals surface area (Å²) in [6.45, 7) is 0. The lowest BCUT2D eigenvalue weighted by atomic mass is 10.3. The second kappa shape index (κ2) is 6.43. The van der Waals surface area contributed by atoms with Crippen LogP contribution in [-0.2, 0) is 0 Å². The third-order valence-electron chi connectivity index (χ3n) is 2.48. The summed E-state index contributed by atoms with van der Waals surface area (Å²) < 4.78 is 12.4. The van der Waals surface area contributed by atoms with Gasteiger partial charge in [0.15, 0.2) is 5.75 Å². The average Bonchev–Trinajstić information content (AvgIpc) is 2.39. The Morgan fingerprint density at radius 1 is 0.900 bits per heavy atom. The zero-order valence-corrected chi connectivity index (χ0v) is 14.9. The SMILES string of the molecule is COc1cc(Br)c(Oc2cc(Cl)c(Cl)cc2N)cc1Br. The topological polar surface area (TPSA) is 44.5 Å². The van der Waals surface area contributed by atoms with E-state index in [2.05, 4.69) is 31.9 Å². The molecule has 2 aromatic carbocycles. The third-order valence-corrected chi connectivity index (χ3v) is 4.44. The Kier molecular flexibility index (Phi) is 5.07. The maximum atomic E-state index is 5.96. The molecule has 0 atom stereocenters. The van der Waals surface area contributed by atoms with Gasteiger partial charge in [-0.25, -0.2) is 0 Å². The Balaban J connectivity index is 2.40. The molecule has 0 unspecified atom stereocenters. The van der Waals surface area contributed by atoms with Crippen molar-refractivity contribution in [1.29, 1.82) is 0 Å². The minimum Gasteiger partial charge on any atom is -0.496 e. The summed E-state index contributed by atoms with van der Waals surface area (Å²) in [5, 5.41) is 0.756. The van der Waals surface area contributed by atoms with Crippen molar-refractivity contribution >= 4 is 60.7 Å². The van der Waals surface area contributed by atoms with Crippen LogP contribution in [0.3, 0.4) is 0 Å². The van der Waals surface area contributed by atoms with Crippen LogP contribution in [0.1, 0.15) is 0 Å². The number of hydrogen-bond donors (Lipinski definition) is 1. The number of benzene rings is 2. The van der Waals surface area contributed by atoms with Crippen LogP contribution in [0.4, 0.5) is 5.69 Å². The molecule has 106 valence electrons. The Morgan fingerprint density at radius 3 is 2.10 bits per heavy atom. The molecule has 0 amide bonds. The van der Waals surface area contributed by atoms with Gasteiger partial charge in [-0.2, -0.15) is 0 Å². The summed E-state index contributed by atoms with van der Waals surface area (Å²) in [5.41, 5.74) is 6.26. The van der Waals surface area contributed by atoms with E-state index in [9.17, 15) is 0 Å². The smallest absolute Gasteiger partial charge is 0.151 e. The molecule has 0 aliphatic carbocycles. The van der Waals surface area contributed by atoms with Gasteiger partial charge in [0.25, 0.3) is 0 Å². The number of anilines is 1. The Labute approximate surface area is 143 Å². The highest BCUT2D eigenvalue weighted by molar-refractivity contribution is 9.11. The molecule has 0 spiro atoms. The van der Waals surface area contributed by atoms with Gasteiger partial charge in [-0.05, 0) is 50.1 Å². The van der Waals surface area contributed by atoms with Crippen LogP contribution in [0.25, 0.3) is 0 Å². The minimum atomic E-state index is 0.375. The number of halogens is 4. The van der Waals surface area contributed by atoms with Gasteiger partial charge in [-0.15, -0.1) is 0 Å². The van der Waals surface area contributed by atoms with Crippen molar-refractivity contribution in [3.63, 3.8) is 0 Å². The van der Waals surface area contributed by atoms with E-state index >= 15 is 0 Å². The normalized spacial score (nSPS) is 10.4. The maximum Gasteiger partial charge on any atom is 0.151 e. The molecule has 7 heteroatoms. The predicted octanol–water partition coefficient (Wildman–Crippen LogP) is 5.90. The molecular weight excluding hydrogens is 433 g/mol. The maximum absolute atomic E-state index is 5.96. The lowest BCUT2D eigenvalue weighted by Gasteiger charge is -2.13. The van der Waals surface area contributed by atoms with Crippen LogP contribution >= 0.6 is 55.1 Å². The van der Waals surface area contributed by atoms with Crippen molar-refractivity contribution in [3.8, 4) is 17.2 Å². The zero-order valence-electron chi connectivity index (χ0n) is 10.2. The number of hydrogen-bond acceptors (Lipinski definition) is 3. The zero-order chi connectivity index (χ0) is 14.9. The van der Waals surface area contributed by atoms with Gasteiger partial charge in [0.05, 0.1) is 31.8 Å². The minimum absolute atomic E-state index is 0.375. The van der Waals surface area contributed by atoms with Crippen molar-refractivity contribution in [2.75, 3.05) is 12.8 Å². The van der Waals surface area contributed by atoms with Crippen molar-refractivity contribution < 1.29 is 9.47 Å². The Hall–Kier alpha value is -0.620. The summed E-state index contributed by atoms with van der Waals surface area (Å²) in [6.07, 6.45) is 0. The molecule has 0 bridgehead atoms. The van der Waals surface area contributed by atoms with Crippen LogP contribution in [0.15, 0.2) is 33.2 Å². The first-order valence-corrected chi connectivity index (χ1v) is 7.72. The van der Waals surface area contributed by atoms with Crippen LogP contribution in [-0.4, -0.2) is 7.11 Å². The number of nitrogens with two attached hydrogens (primary N) is 1. The molecule has 0 heterocycles. The van der Waals surface area contributed by atoms with Crippen LogP contribution in [0.5, 0.6) is 17.2 Å². The molecule has 0 radical (unpaired) electrons. The first-order valence-electron chi connectivity index (χ1n) is 5.37. The van der Waals surface area contributed by atoms with Gasteiger partial charge in [-0.3, -0.25) is 0 Å². The summed E-state index contributed by atoms with van der Waals surface area (Å²) in [7, 11) is 1.59. The molecule has 0 aliphatic heterocycles. The predicted molar refractivity (Wildman–Crippen MR) is 89.3 cm³/mol. The molecular formula is C13H9Br2Cl2NO2. The summed E-state index contributed by atoms with van der Waals surface area (Å²) in [6, 6.07) is 6.67. The fourth-order valence-corrected chi connectivity index (χ4v) is 2.71. The van der Waals surface area contributed by atoms with E-state index in [1.54, 1.807) is 31.4 Å². The number of rotatable bonds is 3. The molecule has 0 saturated heterocycles. The van der Waals surface area contributed by atoms with Crippen molar-refractivity contribution in [1.82, 2.24) is 0 Å². The van der Waals surface area contributed by atoms with E-state index in [0.29, 0.717) is 33.0 Å². The van der Waals surface area contributed by atoms with E-state index in [1.165, 1.54) is 0 Å². The van der Waals surface area contributed by atoms with Gasteiger partial charge >= 0.3 is 0 Å². The summed E-state index contributed by atoms with van der Waals surface area (Å²) in [5.74, 6) is 1.69. The van der Waals surface area contributed by atoms with Gasteiger partial charge in [0, 0.05) is 6.07 Å². The summed E-state index contributed by atoms with van der Waals surface area (Å²) >= 11 is 18.7. The van der Waals surface area contributed by atoms with E-state index in [1.807, 2.05) is 0 Å². The van der Waals surface area contributed by atoms with Crippen LogP contribution in [0, 0.1) is 0 Å². The Bertz CT molecular complexity index is 665. The van der Waals surface area contributed by atoms with Crippen LogP contribution < -0.4 is 15.2 Å². The molecule has 0 aliphatic rings. The Morgan fingerprint density at radius 2 is 1.45 bits per heavy atom. The summed E-state index contributed by atoms with van der Waals surface area (Å²) in [4.78, 5) is 0. The van der Waals surface area contributed by atoms with Crippen molar-refractivity contribution in [3.05, 3.63) is 43.3 Å². The molecule has 2 rings (SSSR count). The van der Waals surface area contributed by atoms with Crippen LogP contribution in [0.2, 0.25) is 10.0 Å². The highest BCUT2D eigenvalue weighted by Gasteiger charge is 2.12. The van der Waals surface area contributed by atoms with Crippen molar-refractivity contribution in [2.45, 2.75) is 0 Å².